The molecule has 0 aliphatic heterocycles. The van der Waals surface area contributed by atoms with Gasteiger partial charge in [0.2, 0.25) is 0 Å². The maximum atomic E-state index is 12.0. The summed E-state index contributed by atoms with van der Waals surface area (Å²) in [7, 11) is 0. The van der Waals surface area contributed by atoms with E-state index in [4.69, 9.17) is 5.11 Å². The van der Waals surface area contributed by atoms with Gasteiger partial charge in [0, 0.05) is 12.1 Å². The molecule has 3 nitrogen and oxygen atoms in total. The van der Waals surface area contributed by atoms with Crippen LogP contribution in [0.15, 0.2) is 48.6 Å². The molecule has 174 valence electrons. The Bertz CT molecular complexity index is 639. The fourth-order valence-corrected chi connectivity index (χ4v) is 3.62. The summed E-state index contributed by atoms with van der Waals surface area (Å²) in [6, 6.07) is 3.55. The summed E-state index contributed by atoms with van der Waals surface area (Å²) in [5.74, 6) is 0.158. The van der Waals surface area contributed by atoms with Crippen LogP contribution >= 0.6 is 0 Å². The molecule has 1 rings (SSSR count). The number of rotatable bonds is 20. The Balaban J connectivity index is 1.82. The summed E-state index contributed by atoms with van der Waals surface area (Å²) in [6.45, 7) is 2.12. The number of nitrogens with one attached hydrogen (secondary N) is 1. The van der Waals surface area contributed by atoms with E-state index < -0.39 is 0 Å². The minimum atomic E-state index is -0.0419. The number of aliphatic hydroxyl groups is 1. The fourth-order valence-electron chi connectivity index (χ4n) is 3.62. The summed E-state index contributed by atoms with van der Waals surface area (Å²) in [6.07, 6.45) is 31.3. The Morgan fingerprint density at radius 2 is 1.32 bits per heavy atom. The molecule has 0 unspecified atom stereocenters. The van der Waals surface area contributed by atoms with Gasteiger partial charge in [0.15, 0.2) is 5.78 Å². The molecule has 0 spiro atoms. The second kappa shape index (κ2) is 20.1. The largest absolute Gasteiger partial charge is 0.390 e. The summed E-state index contributed by atoms with van der Waals surface area (Å²) >= 11 is 0. The first-order valence-corrected chi connectivity index (χ1v) is 12.5. The molecule has 1 aromatic rings. The Labute approximate surface area is 190 Å². The molecule has 2 N–H and O–H groups in total. The first kappa shape index (κ1) is 27.2. The van der Waals surface area contributed by atoms with Crippen molar-refractivity contribution in [3.8, 4) is 0 Å². The number of hydrogen-bond donors (Lipinski definition) is 2. The number of unbranched alkanes of at least 4 members (excludes halogenated alkanes) is 10. The van der Waals surface area contributed by atoms with Gasteiger partial charge in [-0.15, -0.1) is 0 Å². The molecule has 0 saturated carbocycles. The number of Topliss-reactive ketones (excluding diaryl/α,β-unsaturated/α-hetero) is 1. The number of aliphatic hydroxyl groups excluding tert-OH is 1. The zero-order valence-corrected chi connectivity index (χ0v) is 19.8. The third-order valence-corrected chi connectivity index (χ3v) is 5.52. The van der Waals surface area contributed by atoms with Gasteiger partial charge >= 0.3 is 0 Å². The molecule has 0 amide bonds. The smallest absolute Gasteiger partial charge is 0.179 e. The van der Waals surface area contributed by atoms with E-state index in [9.17, 15) is 4.79 Å². The molecule has 0 bridgehead atoms. The van der Waals surface area contributed by atoms with Gasteiger partial charge in [0.1, 0.15) is 0 Å². The van der Waals surface area contributed by atoms with Gasteiger partial charge in [-0.25, -0.2) is 0 Å². The molecule has 0 aromatic carbocycles. The fraction of sp³-hybridized carbons (Fsp3) is 0.607. The van der Waals surface area contributed by atoms with Gasteiger partial charge in [-0.1, -0.05) is 94.7 Å². The van der Waals surface area contributed by atoms with Crippen LogP contribution < -0.4 is 0 Å². The molecule has 0 atom stereocenters. The van der Waals surface area contributed by atoms with Crippen molar-refractivity contribution in [2.75, 3.05) is 0 Å². The van der Waals surface area contributed by atoms with Crippen LogP contribution in [0.25, 0.3) is 0 Å². The summed E-state index contributed by atoms with van der Waals surface area (Å²) in [5.41, 5.74) is 1.34. The van der Waals surface area contributed by atoms with Crippen LogP contribution in [-0.4, -0.2) is 15.9 Å². The molecule has 0 saturated heterocycles. The molecular weight excluding hydrogens is 382 g/mol. The van der Waals surface area contributed by atoms with Gasteiger partial charge < -0.3 is 10.1 Å². The van der Waals surface area contributed by atoms with Gasteiger partial charge in [0.05, 0.1) is 12.3 Å². The van der Waals surface area contributed by atoms with Crippen molar-refractivity contribution in [1.82, 2.24) is 4.98 Å². The Morgan fingerprint density at radius 3 is 1.90 bits per heavy atom. The average Bonchev–Trinajstić information content (AvgIpc) is 3.27. The topological polar surface area (TPSA) is 53.1 Å². The van der Waals surface area contributed by atoms with Crippen molar-refractivity contribution in [3.63, 3.8) is 0 Å². The molecule has 0 aliphatic carbocycles. The Kier molecular flexibility index (Phi) is 17.6. The molecule has 0 radical (unpaired) electrons. The quantitative estimate of drug-likeness (QED) is 0.125. The van der Waals surface area contributed by atoms with Crippen molar-refractivity contribution in [3.05, 3.63) is 60.0 Å². The summed E-state index contributed by atoms with van der Waals surface area (Å²) in [5, 5.41) is 9.03. The maximum absolute atomic E-state index is 12.0. The average molecular weight is 428 g/mol. The molecular formula is C28H45NO2. The zero-order valence-electron chi connectivity index (χ0n) is 19.8. The van der Waals surface area contributed by atoms with E-state index in [1.165, 1.54) is 57.8 Å². The minimum absolute atomic E-state index is 0.0419. The molecule has 3 heteroatoms. The summed E-state index contributed by atoms with van der Waals surface area (Å²) in [4.78, 5) is 15.0. The lowest BCUT2D eigenvalue weighted by Crippen LogP contribution is -1.99. The highest BCUT2D eigenvalue weighted by Crippen LogP contribution is 2.13. The first-order chi connectivity index (χ1) is 15.3. The van der Waals surface area contributed by atoms with E-state index in [-0.39, 0.29) is 12.4 Å². The second-order valence-electron chi connectivity index (χ2n) is 8.35. The minimum Gasteiger partial charge on any atom is -0.390 e. The highest BCUT2D eigenvalue weighted by atomic mass is 16.3. The van der Waals surface area contributed by atoms with Crippen molar-refractivity contribution >= 4 is 5.78 Å². The Hall–Kier alpha value is -1.87. The molecule has 1 heterocycles. The predicted octanol–water partition coefficient (Wildman–Crippen LogP) is 8.23. The number of hydrogen-bond acceptors (Lipinski definition) is 2. The highest BCUT2D eigenvalue weighted by molar-refractivity contribution is 5.94. The first-order valence-electron chi connectivity index (χ1n) is 12.5. The lowest BCUT2D eigenvalue weighted by molar-refractivity contribution is 0.0974. The molecule has 31 heavy (non-hydrogen) atoms. The van der Waals surface area contributed by atoms with E-state index in [2.05, 4.69) is 48.4 Å². The second-order valence-corrected chi connectivity index (χ2v) is 8.35. The highest BCUT2D eigenvalue weighted by Gasteiger charge is 2.07. The SMILES string of the molecule is CC/C=C\C/C=C\C/C=C\CCCCCCCCCCCCC(=O)c1ccc(CO)[nH]1. The van der Waals surface area contributed by atoms with Gasteiger partial charge in [0.25, 0.3) is 0 Å². The van der Waals surface area contributed by atoms with E-state index in [1.807, 2.05) is 0 Å². The third-order valence-electron chi connectivity index (χ3n) is 5.52. The standard InChI is InChI=1S/C28H45NO2/c1-2-3-4-5-6-7-8-9-10-11-12-13-14-15-16-17-18-19-20-21-22-28(31)27-24-23-26(25-30)29-27/h3-4,6-7,9-10,23-24,29-30H,2,5,8,11-22,25H2,1H3/b4-3-,7-6-,10-9-. The number of aromatic amines is 1. The Morgan fingerprint density at radius 1 is 0.774 bits per heavy atom. The van der Waals surface area contributed by atoms with Crippen molar-refractivity contribution in [2.45, 2.75) is 110 Å². The number of H-pyrrole nitrogens is 1. The molecule has 0 fully saturated rings. The van der Waals surface area contributed by atoms with E-state index in [0.29, 0.717) is 17.8 Å². The number of allylic oxidation sites excluding steroid dienone is 6. The zero-order chi connectivity index (χ0) is 22.4. The van der Waals surface area contributed by atoms with Crippen LogP contribution in [0.5, 0.6) is 0 Å². The normalized spacial score (nSPS) is 12.1. The van der Waals surface area contributed by atoms with Crippen LogP contribution in [0.1, 0.15) is 119 Å². The van der Waals surface area contributed by atoms with E-state index in [1.54, 1.807) is 12.1 Å². The predicted molar refractivity (Wildman–Crippen MR) is 133 cm³/mol. The van der Waals surface area contributed by atoms with Crippen molar-refractivity contribution in [2.24, 2.45) is 0 Å². The number of carbonyl (C=O) groups excluding carboxylic acids is 1. The number of aromatic nitrogens is 1. The van der Waals surface area contributed by atoms with Crippen LogP contribution in [-0.2, 0) is 6.61 Å². The third kappa shape index (κ3) is 15.6. The van der Waals surface area contributed by atoms with Crippen molar-refractivity contribution in [1.29, 1.82) is 0 Å². The van der Waals surface area contributed by atoms with E-state index >= 15 is 0 Å². The van der Waals surface area contributed by atoms with E-state index in [0.717, 1.165) is 32.1 Å². The molecule has 0 aliphatic rings. The summed E-state index contributed by atoms with van der Waals surface area (Å²) < 4.78 is 0. The van der Waals surface area contributed by atoms with Crippen LogP contribution in [0.2, 0.25) is 0 Å². The van der Waals surface area contributed by atoms with Crippen LogP contribution in [0.3, 0.4) is 0 Å². The number of carbonyl (C=O) groups is 1. The molecule has 1 aromatic heterocycles. The van der Waals surface area contributed by atoms with Gasteiger partial charge in [-0.2, -0.15) is 0 Å². The monoisotopic (exact) mass is 427 g/mol. The van der Waals surface area contributed by atoms with Crippen molar-refractivity contribution < 1.29 is 9.90 Å². The lowest BCUT2D eigenvalue weighted by Gasteiger charge is -2.02. The number of ketones is 1. The van der Waals surface area contributed by atoms with Crippen LogP contribution in [0, 0.1) is 0 Å². The van der Waals surface area contributed by atoms with Crippen LogP contribution in [0.4, 0.5) is 0 Å². The van der Waals surface area contributed by atoms with Gasteiger partial charge in [-0.05, 0) is 50.7 Å². The van der Waals surface area contributed by atoms with Gasteiger partial charge in [-0.3, -0.25) is 4.79 Å². The maximum Gasteiger partial charge on any atom is 0.179 e. The lowest BCUT2D eigenvalue weighted by atomic mass is 10.0.